The van der Waals surface area contributed by atoms with Crippen molar-refractivity contribution >= 4 is 22.7 Å². The molecule has 3 aromatic rings. The van der Waals surface area contributed by atoms with E-state index in [2.05, 4.69) is 28.7 Å². The maximum absolute atomic E-state index is 11.5. The second-order valence-electron chi connectivity index (χ2n) is 10.0. The first-order chi connectivity index (χ1) is 16.9. The number of methoxy groups -OCH3 is 1. The molecule has 2 aliphatic rings. The molecule has 35 heavy (non-hydrogen) atoms. The molecule has 1 unspecified atom stereocenters. The van der Waals surface area contributed by atoms with Crippen LogP contribution in [-0.2, 0) is 35.8 Å². The van der Waals surface area contributed by atoms with Gasteiger partial charge in [-0.25, -0.2) is 4.98 Å². The summed E-state index contributed by atoms with van der Waals surface area (Å²) in [5, 5.41) is 24.5. The number of carboxylic acids is 1. The summed E-state index contributed by atoms with van der Waals surface area (Å²) in [6.45, 7) is 2.10. The summed E-state index contributed by atoms with van der Waals surface area (Å²) in [6.07, 6.45) is 7.37. The third kappa shape index (κ3) is 4.43. The van der Waals surface area contributed by atoms with E-state index in [1.165, 1.54) is 7.11 Å². The molecule has 188 valence electrons. The van der Waals surface area contributed by atoms with Gasteiger partial charge in [0.05, 0.1) is 22.6 Å². The number of ether oxygens (including phenoxy) is 1. The van der Waals surface area contributed by atoms with Crippen LogP contribution < -0.4 is 4.90 Å². The van der Waals surface area contributed by atoms with Gasteiger partial charge in [0.25, 0.3) is 0 Å². The lowest BCUT2D eigenvalue weighted by atomic mass is 9.85. The van der Waals surface area contributed by atoms with E-state index in [9.17, 15) is 15.0 Å². The van der Waals surface area contributed by atoms with Gasteiger partial charge in [-0.05, 0) is 70.1 Å². The number of nitrogens with zero attached hydrogens (tertiary/aromatic N) is 5. The van der Waals surface area contributed by atoms with Crippen LogP contribution in [0.2, 0.25) is 0 Å². The normalized spacial score (nSPS) is 23.4. The van der Waals surface area contributed by atoms with Crippen molar-refractivity contribution < 1.29 is 19.7 Å². The number of anilines is 1. The molecular formula is C26H35N5O4. The lowest BCUT2D eigenvalue weighted by molar-refractivity contribution is -0.143. The smallest absolute Gasteiger partial charge is 0.306 e. The Hall–Kier alpha value is -2.91. The number of hydrogen-bond acceptors (Lipinski definition) is 6. The molecule has 2 aromatic heterocycles. The summed E-state index contributed by atoms with van der Waals surface area (Å²) in [5.41, 5.74) is 5.24. The van der Waals surface area contributed by atoms with Crippen molar-refractivity contribution in [3.63, 3.8) is 0 Å². The molecule has 0 saturated heterocycles. The number of aliphatic hydroxyl groups excluding tert-OH is 1. The highest BCUT2D eigenvalue weighted by molar-refractivity contribution is 5.86. The molecule has 0 amide bonds. The van der Waals surface area contributed by atoms with Gasteiger partial charge in [0.15, 0.2) is 0 Å². The average Bonchev–Trinajstić information content (AvgIpc) is 3.45. The lowest BCUT2D eigenvalue weighted by Crippen LogP contribution is -2.45. The van der Waals surface area contributed by atoms with Gasteiger partial charge in [-0.2, -0.15) is 5.10 Å². The first-order valence-corrected chi connectivity index (χ1v) is 12.6. The van der Waals surface area contributed by atoms with Crippen LogP contribution in [-0.4, -0.2) is 55.1 Å². The van der Waals surface area contributed by atoms with E-state index in [0.29, 0.717) is 12.8 Å². The number of rotatable bonds is 7. The van der Waals surface area contributed by atoms with Gasteiger partial charge in [-0.15, -0.1) is 0 Å². The zero-order valence-electron chi connectivity index (χ0n) is 20.7. The Morgan fingerprint density at radius 3 is 2.60 bits per heavy atom. The fourth-order valence-electron chi connectivity index (χ4n) is 5.92. The number of aryl methyl sites for hydroxylation is 4. The average molecular weight is 482 g/mol. The van der Waals surface area contributed by atoms with E-state index < -0.39 is 12.4 Å². The number of imidazole rings is 1. The van der Waals surface area contributed by atoms with Gasteiger partial charge in [-0.1, -0.05) is 0 Å². The Labute approximate surface area is 205 Å². The number of aliphatic carboxylic acids is 1. The quantitative estimate of drug-likeness (QED) is 0.498. The van der Waals surface area contributed by atoms with Crippen molar-refractivity contribution in [2.24, 2.45) is 13.0 Å². The fraction of sp³-hybridized carbons (Fsp3) is 0.577. The van der Waals surface area contributed by atoms with Crippen LogP contribution in [0.4, 0.5) is 5.69 Å². The predicted octanol–water partition coefficient (Wildman–Crippen LogP) is 3.43. The second-order valence-corrected chi connectivity index (χ2v) is 10.0. The van der Waals surface area contributed by atoms with E-state index in [1.54, 1.807) is 0 Å². The maximum atomic E-state index is 11.5. The van der Waals surface area contributed by atoms with Crippen molar-refractivity contribution in [1.29, 1.82) is 0 Å². The Bertz CT molecular complexity index is 1210. The summed E-state index contributed by atoms with van der Waals surface area (Å²) < 4.78 is 9.46. The summed E-state index contributed by atoms with van der Waals surface area (Å²) in [5.74, 6) is 0.0842. The molecule has 5 rings (SSSR count). The maximum Gasteiger partial charge on any atom is 0.306 e. The Morgan fingerprint density at radius 1 is 1.17 bits per heavy atom. The standard InChI is InChI=1S/C26H35N5O4/c1-16-4-10-20-21(30(16)26(34)35-3)11-12-22-24(20)27-23(13-7-18-14-15-29(2)28-18)31(22)19-8-5-17(6-9-19)25(32)33/h11-12,14-17,19,26,34H,4-10,13H2,1-3H3,(H,32,33)/t16-,17?,19?,26?/m0/s1. The van der Waals surface area contributed by atoms with Gasteiger partial charge in [0.2, 0.25) is 6.41 Å². The minimum absolute atomic E-state index is 0.159. The lowest BCUT2D eigenvalue weighted by Gasteiger charge is -2.39. The molecule has 9 nitrogen and oxygen atoms in total. The minimum Gasteiger partial charge on any atom is -0.481 e. The number of aromatic nitrogens is 4. The van der Waals surface area contributed by atoms with Crippen molar-refractivity contribution in [1.82, 2.24) is 19.3 Å². The first-order valence-electron chi connectivity index (χ1n) is 12.6. The number of aliphatic hydroxyl groups is 1. The third-order valence-corrected chi connectivity index (χ3v) is 7.81. The first kappa shape index (κ1) is 23.8. The number of carbonyl (C=O) groups is 1. The van der Waals surface area contributed by atoms with Gasteiger partial charge >= 0.3 is 5.97 Å². The Kier molecular flexibility index (Phi) is 6.55. The molecule has 1 fully saturated rings. The molecule has 0 spiro atoms. The minimum atomic E-state index is -1.00. The van der Waals surface area contributed by atoms with Gasteiger partial charge in [0.1, 0.15) is 5.82 Å². The van der Waals surface area contributed by atoms with Crippen LogP contribution >= 0.6 is 0 Å². The van der Waals surface area contributed by atoms with Crippen LogP contribution in [0.3, 0.4) is 0 Å². The summed E-state index contributed by atoms with van der Waals surface area (Å²) in [4.78, 5) is 18.6. The van der Waals surface area contributed by atoms with Gasteiger partial charge < -0.3 is 24.4 Å². The SMILES string of the molecule is COC(O)N1c2ccc3c(nc(CCc4ccn(C)n4)n3C3CCC(C(=O)O)CC3)c2CC[C@@H]1C. The number of benzene rings is 1. The number of hydrogen-bond donors (Lipinski definition) is 2. The Morgan fingerprint density at radius 2 is 1.94 bits per heavy atom. The fourth-order valence-corrected chi connectivity index (χ4v) is 5.92. The molecule has 2 atom stereocenters. The monoisotopic (exact) mass is 481 g/mol. The van der Waals surface area contributed by atoms with Crippen molar-refractivity contribution in [2.75, 3.05) is 12.0 Å². The van der Waals surface area contributed by atoms with Crippen molar-refractivity contribution in [3.8, 4) is 0 Å². The molecule has 3 heterocycles. The zero-order chi connectivity index (χ0) is 24.7. The van der Waals surface area contributed by atoms with Crippen LogP contribution in [0, 0.1) is 5.92 Å². The number of fused-ring (bicyclic) bond motifs is 3. The van der Waals surface area contributed by atoms with E-state index in [0.717, 1.165) is 72.3 Å². The summed E-state index contributed by atoms with van der Waals surface area (Å²) >= 11 is 0. The van der Waals surface area contributed by atoms with E-state index in [4.69, 9.17) is 9.72 Å². The molecule has 0 bridgehead atoms. The Balaban J connectivity index is 1.55. The molecule has 1 aliphatic heterocycles. The van der Waals surface area contributed by atoms with E-state index in [-0.39, 0.29) is 18.0 Å². The van der Waals surface area contributed by atoms with Crippen LogP contribution in [0.1, 0.15) is 62.2 Å². The molecule has 1 saturated carbocycles. The van der Waals surface area contributed by atoms with Crippen molar-refractivity contribution in [3.05, 3.63) is 41.5 Å². The number of carboxylic acid groups (broad SMARTS) is 1. The summed E-state index contributed by atoms with van der Waals surface area (Å²) in [6, 6.07) is 6.63. The molecular weight excluding hydrogens is 446 g/mol. The van der Waals surface area contributed by atoms with Crippen LogP contribution in [0.15, 0.2) is 24.4 Å². The van der Waals surface area contributed by atoms with Crippen molar-refractivity contribution in [2.45, 2.75) is 76.8 Å². The highest BCUT2D eigenvalue weighted by Crippen LogP contribution is 2.40. The highest BCUT2D eigenvalue weighted by atomic mass is 16.6. The van der Waals surface area contributed by atoms with E-state index in [1.807, 2.05) is 28.9 Å². The molecule has 0 radical (unpaired) electrons. The highest BCUT2D eigenvalue weighted by Gasteiger charge is 2.33. The molecule has 2 N–H and O–H groups in total. The molecule has 9 heteroatoms. The van der Waals surface area contributed by atoms with Gasteiger partial charge in [0, 0.05) is 50.1 Å². The second kappa shape index (κ2) is 9.62. The topological polar surface area (TPSA) is 106 Å². The van der Waals surface area contributed by atoms with E-state index >= 15 is 0 Å². The molecule has 1 aliphatic carbocycles. The molecule has 1 aromatic carbocycles. The summed E-state index contributed by atoms with van der Waals surface area (Å²) in [7, 11) is 3.44. The largest absolute Gasteiger partial charge is 0.481 e. The zero-order valence-corrected chi connectivity index (χ0v) is 20.7. The van der Waals surface area contributed by atoms with Crippen LogP contribution in [0.5, 0.6) is 0 Å². The van der Waals surface area contributed by atoms with Gasteiger partial charge in [-0.3, -0.25) is 9.48 Å². The van der Waals surface area contributed by atoms with Crippen LogP contribution in [0.25, 0.3) is 11.0 Å². The predicted molar refractivity (Wildman–Crippen MR) is 132 cm³/mol. The third-order valence-electron chi connectivity index (χ3n) is 7.81.